The summed E-state index contributed by atoms with van der Waals surface area (Å²) in [5.41, 5.74) is 0. The quantitative estimate of drug-likeness (QED) is 0.126. The molecule has 0 aromatic heterocycles. The Bertz CT molecular complexity index is 419. The fourth-order valence-electron chi connectivity index (χ4n) is 2.05. The highest BCUT2D eigenvalue weighted by Gasteiger charge is 1.94. The van der Waals surface area contributed by atoms with Gasteiger partial charge in [0.2, 0.25) is 0 Å². The lowest BCUT2D eigenvalue weighted by atomic mass is 10.2. The molecule has 0 spiro atoms. The van der Waals surface area contributed by atoms with Gasteiger partial charge in [0, 0.05) is 12.8 Å². The van der Waals surface area contributed by atoms with Crippen LogP contribution in [0.5, 0.6) is 0 Å². The average Bonchev–Trinajstić information content (AvgIpc) is 2.57. The van der Waals surface area contributed by atoms with Crippen molar-refractivity contribution in [1.82, 2.24) is 0 Å². The van der Waals surface area contributed by atoms with Gasteiger partial charge in [-0.15, -0.1) is 0 Å². The molecule has 0 radical (unpaired) electrons. The summed E-state index contributed by atoms with van der Waals surface area (Å²) in [5.74, 6) is -0.128. The smallest absolute Gasteiger partial charge is 0.303 e. The van der Waals surface area contributed by atoms with Crippen molar-refractivity contribution in [3.05, 3.63) is 48.3 Å². The van der Waals surface area contributed by atoms with Crippen LogP contribution in [0.4, 0.5) is 0 Å². The predicted octanol–water partition coefficient (Wildman–Crippen LogP) is 6.03. The van der Waals surface area contributed by atoms with Gasteiger partial charge in [-0.1, -0.05) is 56.2 Å². The number of unbranched alkanes of at least 4 members (excludes halogenated alkanes) is 4. The van der Waals surface area contributed by atoms with Crippen molar-refractivity contribution in [2.24, 2.45) is 0 Å². The maximum absolute atomic E-state index is 10.3. The zero-order valence-corrected chi connectivity index (χ0v) is 14.8. The molecule has 0 aromatic rings. The van der Waals surface area contributed by atoms with E-state index in [2.05, 4.69) is 30.0 Å². The maximum atomic E-state index is 10.3. The molecule has 0 saturated heterocycles. The second kappa shape index (κ2) is 17.5. The fraction of sp³-hybridized carbons (Fsp3) is 0.550. The second-order valence-corrected chi connectivity index (χ2v) is 5.63. The molecule has 0 aliphatic rings. The molecule has 136 valence electrons. The highest BCUT2D eigenvalue weighted by atomic mass is 17.1. The molecule has 2 N–H and O–H groups in total. The molecular formula is C20H32O4. The molecule has 0 heterocycles. The number of rotatable bonds is 15. The molecule has 0 aliphatic carbocycles. The monoisotopic (exact) mass is 336 g/mol. The Balaban J connectivity index is 3.71. The normalized spacial score (nSPS) is 12.7. The standard InChI is InChI=1S/C20H32O4/c1-2-3-4-13-16-19(24-23)17-14-11-9-7-5-6-8-10-12-15-18-20(21)22/h5,7-8,10-11,14,16,23H,2-4,6,9,12-13,15,17-18H2,1H3,(H,21,22)/b7-5-,10-8-,14-11-,19-16+. The van der Waals surface area contributed by atoms with E-state index in [1.165, 1.54) is 12.8 Å². The summed E-state index contributed by atoms with van der Waals surface area (Å²) in [6, 6.07) is 0. The first-order valence-corrected chi connectivity index (χ1v) is 8.88. The van der Waals surface area contributed by atoms with E-state index < -0.39 is 5.97 Å². The Labute approximate surface area is 146 Å². The van der Waals surface area contributed by atoms with Crippen LogP contribution in [-0.4, -0.2) is 16.3 Å². The zero-order chi connectivity index (χ0) is 17.9. The second-order valence-electron chi connectivity index (χ2n) is 5.63. The number of aliphatic carboxylic acids is 1. The topological polar surface area (TPSA) is 66.8 Å². The number of carboxylic acid groups (broad SMARTS) is 1. The predicted molar refractivity (Wildman–Crippen MR) is 98.7 cm³/mol. The molecule has 0 unspecified atom stereocenters. The van der Waals surface area contributed by atoms with Crippen LogP contribution in [0.15, 0.2) is 48.3 Å². The molecule has 24 heavy (non-hydrogen) atoms. The molecule has 0 rings (SSSR count). The molecule has 0 aromatic carbocycles. The minimum Gasteiger partial charge on any atom is -0.481 e. The molecule has 4 heteroatoms. The van der Waals surface area contributed by atoms with Gasteiger partial charge in [-0.05, 0) is 44.6 Å². The lowest BCUT2D eigenvalue weighted by Crippen LogP contribution is -1.92. The van der Waals surface area contributed by atoms with Gasteiger partial charge in [-0.3, -0.25) is 4.79 Å². The molecule has 0 aliphatic heterocycles. The van der Waals surface area contributed by atoms with E-state index in [0.29, 0.717) is 18.6 Å². The molecular weight excluding hydrogens is 304 g/mol. The average molecular weight is 336 g/mol. The molecule has 0 atom stereocenters. The van der Waals surface area contributed by atoms with Gasteiger partial charge in [-0.2, -0.15) is 0 Å². The molecule has 4 nitrogen and oxygen atoms in total. The van der Waals surface area contributed by atoms with Crippen molar-refractivity contribution in [3.8, 4) is 0 Å². The molecule has 0 saturated carbocycles. The van der Waals surface area contributed by atoms with Crippen LogP contribution < -0.4 is 0 Å². The van der Waals surface area contributed by atoms with Crippen molar-refractivity contribution in [1.29, 1.82) is 0 Å². The lowest BCUT2D eigenvalue weighted by Gasteiger charge is -2.00. The number of hydrogen-bond donors (Lipinski definition) is 2. The highest BCUT2D eigenvalue weighted by Crippen LogP contribution is 2.08. The van der Waals surface area contributed by atoms with Crippen LogP contribution in [0.3, 0.4) is 0 Å². The number of carboxylic acids is 1. The SMILES string of the molecule is CCCCC/C=C(\C/C=C\C/C=C\C/C=C\CCCC(=O)O)OO. The zero-order valence-electron chi connectivity index (χ0n) is 14.8. The van der Waals surface area contributed by atoms with Crippen LogP contribution in [0.2, 0.25) is 0 Å². The van der Waals surface area contributed by atoms with Crippen LogP contribution in [0, 0.1) is 0 Å². The van der Waals surface area contributed by atoms with Gasteiger partial charge in [0.15, 0.2) is 0 Å². The van der Waals surface area contributed by atoms with Gasteiger partial charge in [0.25, 0.3) is 0 Å². The van der Waals surface area contributed by atoms with Crippen LogP contribution >= 0.6 is 0 Å². The van der Waals surface area contributed by atoms with E-state index in [9.17, 15) is 4.79 Å². The summed E-state index contributed by atoms with van der Waals surface area (Å²) in [6.45, 7) is 2.17. The Kier molecular flexibility index (Phi) is 16.2. The lowest BCUT2D eigenvalue weighted by molar-refractivity contribution is -0.204. The fourth-order valence-corrected chi connectivity index (χ4v) is 2.05. The Morgan fingerprint density at radius 2 is 1.58 bits per heavy atom. The van der Waals surface area contributed by atoms with Gasteiger partial charge >= 0.3 is 5.97 Å². The minimum absolute atomic E-state index is 0.234. The highest BCUT2D eigenvalue weighted by molar-refractivity contribution is 5.66. The molecule has 0 amide bonds. The molecule has 0 bridgehead atoms. The van der Waals surface area contributed by atoms with E-state index in [-0.39, 0.29) is 6.42 Å². The van der Waals surface area contributed by atoms with Gasteiger partial charge in [0.05, 0.1) is 0 Å². The summed E-state index contributed by atoms with van der Waals surface area (Å²) in [5, 5.41) is 17.3. The van der Waals surface area contributed by atoms with Crippen molar-refractivity contribution < 1.29 is 20.0 Å². The van der Waals surface area contributed by atoms with E-state index in [0.717, 1.165) is 32.1 Å². The van der Waals surface area contributed by atoms with Crippen molar-refractivity contribution in [2.45, 2.75) is 71.1 Å². The van der Waals surface area contributed by atoms with E-state index in [1.807, 2.05) is 24.3 Å². The minimum atomic E-state index is -0.736. The first kappa shape index (κ1) is 22.2. The van der Waals surface area contributed by atoms with Crippen LogP contribution in [0.25, 0.3) is 0 Å². The first-order chi connectivity index (χ1) is 11.7. The number of allylic oxidation sites excluding steroid dienone is 7. The van der Waals surface area contributed by atoms with E-state index in [4.69, 9.17) is 10.4 Å². The van der Waals surface area contributed by atoms with Gasteiger partial charge in [0.1, 0.15) is 5.76 Å². The Morgan fingerprint density at radius 3 is 2.21 bits per heavy atom. The van der Waals surface area contributed by atoms with Crippen LogP contribution in [-0.2, 0) is 9.68 Å². The maximum Gasteiger partial charge on any atom is 0.303 e. The Hall–Kier alpha value is -1.81. The van der Waals surface area contributed by atoms with Crippen LogP contribution in [0.1, 0.15) is 71.1 Å². The summed E-state index contributed by atoms with van der Waals surface area (Å²) in [4.78, 5) is 14.7. The first-order valence-electron chi connectivity index (χ1n) is 8.88. The Morgan fingerprint density at radius 1 is 0.917 bits per heavy atom. The van der Waals surface area contributed by atoms with Gasteiger partial charge < -0.3 is 9.99 Å². The number of carbonyl (C=O) groups is 1. The third-order valence-electron chi connectivity index (χ3n) is 3.42. The third kappa shape index (κ3) is 16.6. The third-order valence-corrected chi connectivity index (χ3v) is 3.42. The summed E-state index contributed by atoms with van der Waals surface area (Å²) < 4.78 is 0. The summed E-state index contributed by atoms with van der Waals surface area (Å²) >= 11 is 0. The van der Waals surface area contributed by atoms with Crippen molar-refractivity contribution in [3.63, 3.8) is 0 Å². The van der Waals surface area contributed by atoms with Crippen molar-refractivity contribution in [2.75, 3.05) is 0 Å². The van der Waals surface area contributed by atoms with Crippen molar-refractivity contribution >= 4 is 5.97 Å². The number of hydrogen-bond acceptors (Lipinski definition) is 3. The van der Waals surface area contributed by atoms with E-state index >= 15 is 0 Å². The summed E-state index contributed by atoms with van der Waals surface area (Å²) in [7, 11) is 0. The largest absolute Gasteiger partial charge is 0.481 e. The van der Waals surface area contributed by atoms with Gasteiger partial charge in [-0.25, -0.2) is 5.26 Å². The molecule has 0 fully saturated rings. The van der Waals surface area contributed by atoms with E-state index in [1.54, 1.807) is 0 Å². The summed E-state index contributed by atoms with van der Waals surface area (Å²) in [6.07, 6.45) is 22.8.